The number of rotatable bonds is 5. The van der Waals surface area contributed by atoms with E-state index in [0.717, 1.165) is 5.56 Å². The molecule has 1 aromatic rings. The lowest BCUT2D eigenvalue weighted by molar-refractivity contribution is -0.121. The molecule has 1 unspecified atom stereocenters. The van der Waals surface area contributed by atoms with Crippen LogP contribution in [0.3, 0.4) is 0 Å². The van der Waals surface area contributed by atoms with E-state index >= 15 is 0 Å². The topological polar surface area (TPSA) is 70.2 Å². The van der Waals surface area contributed by atoms with Gasteiger partial charge in [-0.05, 0) is 25.5 Å². The van der Waals surface area contributed by atoms with Gasteiger partial charge in [-0.1, -0.05) is 29.8 Å². The Hall–Kier alpha value is -1.59. The smallest absolute Gasteiger partial charge is 0.321 e. The number of halogens is 1. The van der Waals surface area contributed by atoms with Gasteiger partial charge in [0, 0.05) is 18.1 Å². The molecule has 1 atom stereocenters. The minimum Gasteiger partial charge on any atom is -0.338 e. The summed E-state index contributed by atoms with van der Waals surface area (Å²) in [5.41, 5.74) is 0.904. The first-order valence-electron chi connectivity index (χ1n) is 6.10. The van der Waals surface area contributed by atoms with Crippen molar-refractivity contribution in [1.29, 1.82) is 0 Å². The third kappa shape index (κ3) is 5.28. The van der Waals surface area contributed by atoms with Crippen LogP contribution in [0.15, 0.2) is 24.3 Å². The zero-order valence-corrected chi connectivity index (χ0v) is 11.8. The zero-order chi connectivity index (χ0) is 14.3. The molecule has 0 heterocycles. The molecular formula is C13H18ClN3O2. The molecule has 0 aliphatic carbocycles. The summed E-state index contributed by atoms with van der Waals surface area (Å²) in [6, 6.07) is 6.42. The summed E-state index contributed by atoms with van der Waals surface area (Å²) in [4.78, 5) is 22.9. The van der Waals surface area contributed by atoms with Crippen molar-refractivity contribution in [2.45, 2.75) is 26.4 Å². The number of hydrogen-bond donors (Lipinski definition) is 3. The Kier molecular flexibility index (Phi) is 6.32. The summed E-state index contributed by atoms with van der Waals surface area (Å²) >= 11 is 6.01. The number of urea groups is 1. The van der Waals surface area contributed by atoms with E-state index in [4.69, 9.17) is 11.6 Å². The molecule has 19 heavy (non-hydrogen) atoms. The van der Waals surface area contributed by atoms with Crippen molar-refractivity contribution in [3.05, 3.63) is 34.9 Å². The standard InChI is InChI=1S/C13H18ClN3O2/c1-3-15-13(19)17-12(18)9(2)16-8-10-6-4-5-7-11(10)14/h4-7,9,16H,3,8H2,1-2H3,(H2,15,17,18,19). The van der Waals surface area contributed by atoms with Gasteiger partial charge in [-0.3, -0.25) is 10.1 Å². The highest BCUT2D eigenvalue weighted by Gasteiger charge is 2.14. The number of imide groups is 1. The number of nitrogens with one attached hydrogen (secondary N) is 3. The lowest BCUT2D eigenvalue weighted by Crippen LogP contribution is -2.47. The van der Waals surface area contributed by atoms with Crippen molar-refractivity contribution in [2.24, 2.45) is 0 Å². The van der Waals surface area contributed by atoms with E-state index in [9.17, 15) is 9.59 Å². The second-order valence-corrected chi connectivity index (χ2v) is 4.45. The van der Waals surface area contributed by atoms with Gasteiger partial charge < -0.3 is 10.6 Å². The molecule has 0 radical (unpaired) electrons. The van der Waals surface area contributed by atoms with E-state index in [1.165, 1.54) is 0 Å². The zero-order valence-electron chi connectivity index (χ0n) is 11.0. The Morgan fingerprint density at radius 2 is 2.00 bits per heavy atom. The molecule has 0 fully saturated rings. The van der Waals surface area contributed by atoms with E-state index in [1.54, 1.807) is 19.9 Å². The summed E-state index contributed by atoms with van der Waals surface area (Å²) in [6.45, 7) is 4.40. The molecule has 0 aliphatic heterocycles. The van der Waals surface area contributed by atoms with Crippen LogP contribution in [0.1, 0.15) is 19.4 Å². The molecular weight excluding hydrogens is 266 g/mol. The Bertz CT molecular complexity index is 451. The van der Waals surface area contributed by atoms with Crippen LogP contribution < -0.4 is 16.0 Å². The highest BCUT2D eigenvalue weighted by Crippen LogP contribution is 2.14. The van der Waals surface area contributed by atoms with Gasteiger partial charge in [0.1, 0.15) is 0 Å². The van der Waals surface area contributed by atoms with Gasteiger partial charge in [-0.25, -0.2) is 4.79 Å². The molecule has 6 heteroatoms. The Morgan fingerprint density at radius 1 is 1.32 bits per heavy atom. The molecule has 1 rings (SSSR count). The van der Waals surface area contributed by atoms with Gasteiger partial charge in [0.2, 0.25) is 5.91 Å². The van der Waals surface area contributed by atoms with Crippen LogP contribution in [0, 0.1) is 0 Å². The Labute approximate surface area is 117 Å². The number of benzene rings is 1. The van der Waals surface area contributed by atoms with E-state index in [0.29, 0.717) is 18.1 Å². The molecule has 3 amide bonds. The third-order valence-electron chi connectivity index (χ3n) is 2.52. The fourth-order valence-electron chi connectivity index (χ4n) is 1.42. The number of carbonyl (C=O) groups is 2. The highest BCUT2D eigenvalue weighted by atomic mass is 35.5. The third-order valence-corrected chi connectivity index (χ3v) is 2.89. The van der Waals surface area contributed by atoms with Gasteiger partial charge in [-0.15, -0.1) is 0 Å². The maximum atomic E-state index is 11.7. The quantitative estimate of drug-likeness (QED) is 0.770. The van der Waals surface area contributed by atoms with Crippen LogP contribution in [-0.2, 0) is 11.3 Å². The largest absolute Gasteiger partial charge is 0.338 e. The predicted octanol–water partition coefficient (Wildman–Crippen LogP) is 1.66. The van der Waals surface area contributed by atoms with E-state index in [-0.39, 0.29) is 5.91 Å². The van der Waals surface area contributed by atoms with Crippen molar-refractivity contribution in [3.63, 3.8) is 0 Å². The summed E-state index contributed by atoms with van der Waals surface area (Å²) in [6.07, 6.45) is 0. The molecule has 0 saturated heterocycles. The lowest BCUT2D eigenvalue weighted by atomic mass is 10.2. The van der Waals surface area contributed by atoms with Crippen molar-refractivity contribution in [1.82, 2.24) is 16.0 Å². The van der Waals surface area contributed by atoms with Crippen LogP contribution in [0.25, 0.3) is 0 Å². The molecule has 5 nitrogen and oxygen atoms in total. The van der Waals surface area contributed by atoms with E-state index in [1.807, 2.05) is 18.2 Å². The van der Waals surface area contributed by atoms with Crippen LogP contribution in [0.2, 0.25) is 5.02 Å². The van der Waals surface area contributed by atoms with Crippen LogP contribution in [0.5, 0.6) is 0 Å². The monoisotopic (exact) mass is 283 g/mol. The molecule has 0 saturated carbocycles. The molecule has 0 bridgehead atoms. The van der Waals surface area contributed by atoms with Crippen molar-refractivity contribution < 1.29 is 9.59 Å². The van der Waals surface area contributed by atoms with Gasteiger partial charge >= 0.3 is 6.03 Å². The normalized spacial score (nSPS) is 11.7. The second-order valence-electron chi connectivity index (χ2n) is 4.04. The highest BCUT2D eigenvalue weighted by molar-refractivity contribution is 6.31. The van der Waals surface area contributed by atoms with Gasteiger partial charge in [0.05, 0.1) is 6.04 Å². The SMILES string of the molecule is CCNC(=O)NC(=O)C(C)NCc1ccccc1Cl. The molecule has 0 spiro atoms. The summed E-state index contributed by atoms with van der Waals surface area (Å²) in [5, 5.41) is 8.40. The molecule has 3 N–H and O–H groups in total. The average molecular weight is 284 g/mol. The number of hydrogen-bond acceptors (Lipinski definition) is 3. The maximum Gasteiger partial charge on any atom is 0.321 e. The second kappa shape index (κ2) is 7.76. The molecule has 0 aliphatic rings. The lowest BCUT2D eigenvalue weighted by Gasteiger charge is -2.14. The van der Waals surface area contributed by atoms with Crippen LogP contribution >= 0.6 is 11.6 Å². The number of carbonyl (C=O) groups excluding carboxylic acids is 2. The van der Waals surface area contributed by atoms with Crippen LogP contribution in [0.4, 0.5) is 4.79 Å². The summed E-state index contributed by atoms with van der Waals surface area (Å²) in [7, 11) is 0. The van der Waals surface area contributed by atoms with Gasteiger partial charge in [0.25, 0.3) is 0 Å². The van der Waals surface area contributed by atoms with Gasteiger partial charge in [-0.2, -0.15) is 0 Å². The van der Waals surface area contributed by atoms with Crippen molar-refractivity contribution in [3.8, 4) is 0 Å². The Morgan fingerprint density at radius 3 is 2.63 bits per heavy atom. The molecule has 104 valence electrons. The minimum atomic E-state index is -0.487. The summed E-state index contributed by atoms with van der Waals surface area (Å²) in [5.74, 6) is -0.377. The van der Waals surface area contributed by atoms with Crippen LogP contribution in [-0.4, -0.2) is 24.5 Å². The minimum absolute atomic E-state index is 0.377. The first-order chi connectivity index (χ1) is 9.04. The first kappa shape index (κ1) is 15.5. The maximum absolute atomic E-state index is 11.7. The first-order valence-corrected chi connectivity index (χ1v) is 6.48. The van der Waals surface area contributed by atoms with E-state index < -0.39 is 12.1 Å². The van der Waals surface area contributed by atoms with Crippen molar-refractivity contribution in [2.75, 3.05) is 6.54 Å². The fourth-order valence-corrected chi connectivity index (χ4v) is 1.62. The van der Waals surface area contributed by atoms with Crippen molar-refractivity contribution >= 4 is 23.5 Å². The molecule has 1 aromatic carbocycles. The van der Waals surface area contributed by atoms with Gasteiger partial charge in [0.15, 0.2) is 0 Å². The predicted molar refractivity (Wildman–Crippen MR) is 75.0 cm³/mol. The average Bonchev–Trinajstić information content (AvgIpc) is 2.37. The van der Waals surface area contributed by atoms with E-state index in [2.05, 4.69) is 16.0 Å². The Balaban J connectivity index is 2.43. The number of amides is 3. The summed E-state index contributed by atoms with van der Waals surface area (Å²) < 4.78 is 0. The molecule has 0 aromatic heterocycles. The fraction of sp³-hybridized carbons (Fsp3) is 0.385.